The molecule has 128 valence electrons. The molecular formula is C19H20N4O2. The van der Waals surface area contributed by atoms with Crippen LogP contribution in [0.3, 0.4) is 0 Å². The molecule has 2 aromatic heterocycles. The van der Waals surface area contributed by atoms with E-state index in [2.05, 4.69) is 15.3 Å². The molecule has 0 radical (unpaired) electrons. The fourth-order valence-electron chi connectivity index (χ4n) is 3.88. The maximum atomic E-state index is 12.6. The number of rotatable bonds is 2. The van der Waals surface area contributed by atoms with Crippen molar-refractivity contribution in [2.75, 3.05) is 13.1 Å². The van der Waals surface area contributed by atoms with Gasteiger partial charge in [-0.2, -0.15) is 0 Å². The standard InChI is InChI=1S/C19H20N4O2/c24-17-16(15-2-1-7-21-13-15)12-19(22-17)5-10-23(11-6-19)18(25)14-3-8-20-9-4-14/h1-4,7-9,13,16H,5-6,10-12H2,(H,22,24). The molecule has 2 aliphatic rings. The summed E-state index contributed by atoms with van der Waals surface area (Å²) in [6.07, 6.45) is 9.09. The molecule has 1 unspecified atom stereocenters. The van der Waals surface area contributed by atoms with Crippen molar-refractivity contribution in [2.24, 2.45) is 0 Å². The maximum Gasteiger partial charge on any atom is 0.253 e. The predicted molar refractivity (Wildman–Crippen MR) is 91.8 cm³/mol. The molecule has 0 bridgehead atoms. The SMILES string of the molecule is O=C1NC2(CCN(C(=O)c3ccncc3)CC2)CC1c1cccnc1. The number of carbonyl (C=O) groups is 2. The highest BCUT2D eigenvalue weighted by Gasteiger charge is 2.46. The molecule has 0 aromatic carbocycles. The topological polar surface area (TPSA) is 75.2 Å². The van der Waals surface area contributed by atoms with Crippen molar-refractivity contribution in [1.82, 2.24) is 20.2 Å². The highest BCUT2D eigenvalue weighted by atomic mass is 16.2. The lowest BCUT2D eigenvalue weighted by Gasteiger charge is -2.39. The van der Waals surface area contributed by atoms with Gasteiger partial charge in [0.05, 0.1) is 5.92 Å². The summed E-state index contributed by atoms with van der Waals surface area (Å²) in [5, 5.41) is 3.20. The van der Waals surface area contributed by atoms with Crippen LogP contribution in [0, 0.1) is 0 Å². The van der Waals surface area contributed by atoms with Gasteiger partial charge in [0.25, 0.3) is 5.91 Å². The average molecular weight is 336 g/mol. The molecule has 2 fully saturated rings. The van der Waals surface area contributed by atoms with Crippen molar-refractivity contribution in [2.45, 2.75) is 30.7 Å². The van der Waals surface area contributed by atoms with E-state index >= 15 is 0 Å². The number of amides is 2. The van der Waals surface area contributed by atoms with Gasteiger partial charge >= 0.3 is 0 Å². The van der Waals surface area contributed by atoms with Crippen LogP contribution < -0.4 is 5.32 Å². The van der Waals surface area contributed by atoms with Crippen molar-refractivity contribution in [3.8, 4) is 0 Å². The Bertz CT molecular complexity index is 771. The Morgan fingerprint density at radius 2 is 1.88 bits per heavy atom. The molecule has 2 aliphatic heterocycles. The second kappa shape index (κ2) is 6.27. The summed E-state index contributed by atoms with van der Waals surface area (Å²) in [4.78, 5) is 35.0. The summed E-state index contributed by atoms with van der Waals surface area (Å²) >= 11 is 0. The van der Waals surface area contributed by atoms with Gasteiger partial charge in [-0.25, -0.2) is 0 Å². The van der Waals surface area contributed by atoms with Crippen molar-refractivity contribution in [1.29, 1.82) is 0 Å². The Morgan fingerprint density at radius 1 is 1.12 bits per heavy atom. The molecule has 6 nitrogen and oxygen atoms in total. The van der Waals surface area contributed by atoms with Gasteiger partial charge < -0.3 is 10.2 Å². The summed E-state index contributed by atoms with van der Waals surface area (Å²) in [5.41, 5.74) is 1.42. The summed E-state index contributed by atoms with van der Waals surface area (Å²) in [7, 11) is 0. The molecule has 2 saturated heterocycles. The van der Waals surface area contributed by atoms with Crippen LogP contribution in [0.4, 0.5) is 0 Å². The van der Waals surface area contributed by atoms with Crippen LogP contribution in [-0.4, -0.2) is 45.3 Å². The summed E-state index contributed by atoms with van der Waals surface area (Å²) in [5.74, 6) is -0.0385. The first kappa shape index (κ1) is 15.7. The van der Waals surface area contributed by atoms with Gasteiger partial charge in [0.15, 0.2) is 0 Å². The number of carbonyl (C=O) groups excluding carboxylic acids is 2. The van der Waals surface area contributed by atoms with E-state index in [0.717, 1.165) is 24.8 Å². The zero-order chi connectivity index (χ0) is 17.3. The van der Waals surface area contributed by atoms with Gasteiger partial charge in [-0.05, 0) is 43.0 Å². The molecule has 6 heteroatoms. The molecule has 1 spiro atoms. The fraction of sp³-hybridized carbons (Fsp3) is 0.368. The quantitative estimate of drug-likeness (QED) is 0.907. The highest BCUT2D eigenvalue weighted by Crippen LogP contribution is 2.39. The van der Waals surface area contributed by atoms with Gasteiger partial charge in [-0.15, -0.1) is 0 Å². The van der Waals surface area contributed by atoms with E-state index in [4.69, 9.17) is 0 Å². The molecule has 4 heterocycles. The lowest BCUT2D eigenvalue weighted by atomic mass is 9.82. The Kier molecular flexibility index (Phi) is 3.95. The van der Waals surface area contributed by atoms with Crippen LogP contribution in [0.15, 0.2) is 49.1 Å². The largest absolute Gasteiger partial charge is 0.350 e. The fourth-order valence-corrected chi connectivity index (χ4v) is 3.88. The molecular weight excluding hydrogens is 316 g/mol. The van der Waals surface area contributed by atoms with Crippen LogP contribution >= 0.6 is 0 Å². The first-order valence-electron chi connectivity index (χ1n) is 8.58. The van der Waals surface area contributed by atoms with Gasteiger partial charge in [-0.3, -0.25) is 19.6 Å². The Hall–Kier alpha value is -2.76. The van der Waals surface area contributed by atoms with Crippen LogP contribution in [-0.2, 0) is 4.79 Å². The third kappa shape index (κ3) is 2.99. The number of piperidine rings is 1. The van der Waals surface area contributed by atoms with E-state index in [-0.39, 0.29) is 23.3 Å². The van der Waals surface area contributed by atoms with Crippen LogP contribution in [0.25, 0.3) is 0 Å². The number of pyridine rings is 2. The van der Waals surface area contributed by atoms with Gasteiger partial charge in [-0.1, -0.05) is 6.07 Å². The summed E-state index contributed by atoms with van der Waals surface area (Å²) in [6.45, 7) is 1.31. The van der Waals surface area contributed by atoms with Crippen LogP contribution in [0.2, 0.25) is 0 Å². The number of likely N-dealkylation sites (tertiary alicyclic amines) is 1. The summed E-state index contributed by atoms with van der Waals surface area (Å²) in [6, 6.07) is 7.30. The molecule has 2 aromatic rings. The van der Waals surface area contributed by atoms with E-state index in [1.165, 1.54) is 0 Å². The molecule has 0 aliphatic carbocycles. The van der Waals surface area contributed by atoms with E-state index in [0.29, 0.717) is 18.7 Å². The lowest BCUT2D eigenvalue weighted by molar-refractivity contribution is -0.121. The molecule has 4 rings (SSSR count). The number of nitrogens with zero attached hydrogens (tertiary/aromatic N) is 3. The van der Waals surface area contributed by atoms with Crippen molar-refractivity contribution in [3.63, 3.8) is 0 Å². The third-order valence-electron chi connectivity index (χ3n) is 5.32. The molecule has 1 N–H and O–H groups in total. The Balaban J connectivity index is 1.43. The average Bonchev–Trinajstić information content (AvgIpc) is 2.99. The zero-order valence-electron chi connectivity index (χ0n) is 13.9. The van der Waals surface area contributed by atoms with Crippen molar-refractivity contribution < 1.29 is 9.59 Å². The monoisotopic (exact) mass is 336 g/mol. The Morgan fingerprint density at radius 3 is 2.56 bits per heavy atom. The maximum absolute atomic E-state index is 12.6. The number of hydrogen-bond acceptors (Lipinski definition) is 4. The van der Waals surface area contributed by atoms with Crippen LogP contribution in [0.5, 0.6) is 0 Å². The minimum absolute atomic E-state index is 0.0328. The van der Waals surface area contributed by atoms with Gasteiger partial charge in [0.1, 0.15) is 0 Å². The Labute approximate surface area is 146 Å². The van der Waals surface area contributed by atoms with Gasteiger partial charge in [0, 0.05) is 49.0 Å². The molecule has 1 atom stereocenters. The third-order valence-corrected chi connectivity index (χ3v) is 5.32. The minimum Gasteiger partial charge on any atom is -0.350 e. The van der Waals surface area contributed by atoms with Crippen molar-refractivity contribution in [3.05, 3.63) is 60.2 Å². The number of aromatic nitrogens is 2. The van der Waals surface area contributed by atoms with Crippen molar-refractivity contribution >= 4 is 11.8 Å². The summed E-state index contributed by atoms with van der Waals surface area (Å²) < 4.78 is 0. The van der Waals surface area contributed by atoms with E-state index in [1.54, 1.807) is 36.9 Å². The molecule has 2 amide bonds. The smallest absolute Gasteiger partial charge is 0.253 e. The lowest BCUT2D eigenvalue weighted by Crippen LogP contribution is -2.52. The second-order valence-electron chi connectivity index (χ2n) is 6.84. The van der Waals surface area contributed by atoms with E-state index in [9.17, 15) is 9.59 Å². The second-order valence-corrected chi connectivity index (χ2v) is 6.84. The zero-order valence-corrected chi connectivity index (χ0v) is 13.9. The number of hydrogen-bond donors (Lipinski definition) is 1. The molecule has 0 saturated carbocycles. The highest BCUT2D eigenvalue weighted by molar-refractivity contribution is 5.94. The van der Waals surface area contributed by atoms with Gasteiger partial charge in [0.2, 0.25) is 5.91 Å². The van der Waals surface area contributed by atoms with Crippen LogP contribution in [0.1, 0.15) is 41.1 Å². The normalized spacial score (nSPS) is 22.0. The van der Waals surface area contributed by atoms with E-state index in [1.807, 2.05) is 17.0 Å². The predicted octanol–water partition coefficient (Wildman–Crippen LogP) is 1.76. The number of nitrogens with one attached hydrogen (secondary N) is 1. The molecule has 25 heavy (non-hydrogen) atoms. The minimum atomic E-state index is -0.202. The first-order chi connectivity index (χ1) is 12.2. The first-order valence-corrected chi connectivity index (χ1v) is 8.58. The van der Waals surface area contributed by atoms with E-state index < -0.39 is 0 Å².